The average molecular weight is 494 g/mol. The smallest absolute Gasteiger partial charge is 0.335 e. The van der Waals surface area contributed by atoms with Gasteiger partial charge in [-0.05, 0) is 63.5 Å². The first-order valence-electron chi connectivity index (χ1n) is 8.98. The van der Waals surface area contributed by atoms with Crippen LogP contribution in [-0.4, -0.2) is 11.1 Å². The van der Waals surface area contributed by atoms with E-state index in [1.54, 1.807) is 42.5 Å². The zero-order valence-corrected chi connectivity index (χ0v) is 18.3. The molecule has 3 aromatic carbocycles. The van der Waals surface area contributed by atoms with Crippen molar-refractivity contribution < 1.29 is 14.6 Å². The zero-order valence-electron chi connectivity index (χ0n) is 16.0. The van der Waals surface area contributed by atoms with Gasteiger partial charge >= 0.3 is 5.97 Å². The van der Waals surface area contributed by atoms with Gasteiger partial charge in [-0.15, -0.1) is 0 Å². The Kier molecular flexibility index (Phi) is 7.10. The van der Waals surface area contributed by atoms with E-state index in [0.717, 1.165) is 5.56 Å². The van der Waals surface area contributed by atoms with Gasteiger partial charge in [0.15, 0.2) is 5.75 Å². The molecular weight excluding hydrogens is 480 g/mol. The summed E-state index contributed by atoms with van der Waals surface area (Å²) in [7, 11) is 0. The minimum Gasteiger partial charge on any atom is -0.486 e. The number of carboxylic acid groups (broad SMARTS) is 1. The van der Waals surface area contributed by atoms with E-state index in [1.807, 2.05) is 12.1 Å². The summed E-state index contributed by atoms with van der Waals surface area (Å²) in [6.45, 7) is 0.177. The molecule has 0 fully saturated rings. The van der Waals surface area contributed by atoms with Crippen molar-refractivity contribution in [3.05, 3.63) is 98.0 Å². The monoisotopic (exact) mass is 492 g/mol. The number of benzene rings is 3. The maximum absolute atomic E-state index is 11.0. The van der Waals surface area contributed by atoms with Crippen molar-refractivity contribution in [2.45, 2.75) is 6.61 Å². The lowest BCUT2D eigenvalue weighted by atomic mass is 10.0. The van der Waals surface area contributed by atoms with Gasteiger partial charge in [-0.2, -0.15) is 10.5 Å². The highest BCUT2D eigenvalue weighted by atomic mass is 79.9. The molecule has 0 aliphatic rings. The van der Waals surface area contributed by atoms with Crippen molar-refractivity contribution in [3.63, 3.8) is 0 Å². The van der Waals surface area contributed by atoms with Gasteiger partial charge in [-0.3, -0.25) is 0 Å². The average Bonchev–Trinajstić information content (AvgIpc) is 2.77. The fraction of sp³-hybridized carbons (Fsp3) is 0.0417. The molecule has 5 nitrogen and oxygen atoms in total. The van der Waals surface area contributed by atoms with Crippen LogP contribution < -0.4 is 4.74 Å². The Morgan fingerprint density at radius 2 is 1.77 bits per heavy atom. The van der Waals surface area contributed by atoms with E-state index in [4.69, 9.17) is 21.4 Å². The van der Waals surface area contributed by atoms with Crippen LogP contribution in [0.4, 0.5) is 0 Å². The summed E-state index contributed by atoms with van der Waals surface area (Å²) in [6, 6.07) is 20.9. The minimum absolute atomic E-state index is 0.145. The van der Waals surface area contributed by atoms with Crippen LogP contribution in [0.5, 0.6) is 5.75 Å². The van der Waals surface area contributed by atoms with Crippen molar-refractivity contribution in [1.82, 2.24) is 0 Å². The van der Waals surface area contributed by atoms with E-state index in [0.29, 0.717) is 37.5 Å². The summed E-state index contributed by atoms with van der Waals surface area (Å²) in [5.41, 5.74) is 3.03. The standard InChI is InChI=1S/C24H14BrClN2O3/c25-21-10-15(9-20(13-28)16-5-7-17(8-6-16)24(29)30)11-22(26)23(21)31-14-19-4-2-1-3-18(19)12-27/h1-11H,14H2,(H,29,30)/b20-9-. The summed E-state index contributed by atoms with van der Waals surface area (Å²) < 4.78 is 6.43. The van der Waals surface area contributed by atoms with E-state index >= 15 is 0 Å². The van der Waals surface area contributed by atoms with Crippen LogP contribution in [-0.2, 0) is 6.61 Å². The number of hydrogen-bond donors (Lipinski definition) is 1. The third-order valence-electron chi connectivity index (χ3n) is 4.40. The summed E-state index contributed by atoms with van der Waals surface area (Å²) in [5.74, 6) is -0.603. The molecule has 0 heterocycles. The molecular formula is C24H14BrClN2O3. The van der Waals surface area contributed by atoms with Crippen LogP contribution in [0.2, 0.25) is 5.02 Å². The molecule has 152 valence electrons. The number of carboxylic acids is 1. The molecule has 0 spiro atoms. The number of nitrogens with zero attached hydrogens (tertiary/aromatic N) is 2. The number of carbonyl (C=O) groups is 1. The molecule has 0 atom stereocenters. The van der Waals surface area contributed by atoms with Gasteiger partial charge in [0.25, 0.3) is 0 Å². The molecule has 0 saturated heterocycles. The molecule has 31 heavy (non-hydrogen) atoms. The predicted molar refractivity (Wildman–Crippen MR) is 122 cm³/mol. The Morgan fingerprint density at radius 3 is 2.39 bits per heavy atom. The second kappa shape index (κ2) is 9.95. The van der Waals surface area contributed by atoms with Crippen LogP contribution in [0.15, 0.2) is 65.1 Å². The molecule has 3 aromatic rings. The molecule has 0 bridgehead atoms. The number of hydrogen-bond acceptors (Lipinski definition) is 4. The maximum Gasteiger partial charge on any atom is 0.335 e. The first-order valence-corrected chi connectivity index (χ1v) is 10.2. The highest BCUT2D eigenvalue weighted by Crippen LogP contribution is 2.36. The lowest BCUT2D eigenvalue weighted by Gasteiger charge is -2.12. The van der Waals surface area contributed by atoms with Crippen molar-refractivity contribution in [2.75, 3.05) is 0 Å². The minimum atomic E-state index is -1.03. The largest absolute Gasteiger partial charge is 0.486 e. The fourth-order valence-corrected chi connectivity index (χ4v) is 3.83. The molecule has 7 heteroatoms. The second-order valence-electron chi connectivity index (χ2n) is 6.42. The molecule has 0 unspecified atom stereocenters. The molecule has 0 saturated carbocycles. The Morgan fingerprint density at radius 1 is 1.10 bits per heavy atom. The van der Waals surface area contributed by atoms with E-state index in [1.165, 1.54) is 12.1 Å². The van der Waals surface area contributed by atoms with E-state index in [9.17, 15) is 15.3 Å². The van der Waals surface area contributed by atoms with Gasteiger partial charge in [0.1, 0.15) is 6.61 Å². The molecule has 0 aliphatic heterocycles. The molecule has 0 aliphatic carbocycles. The number of rotatable bonds is 6. The highest BCUT2D eigenvalue weighted by molar-refractivity contribution is 9.10. The van der Waals surface area contributed by atoms with E-state index in [-0.39, 0.29) is 12.2 Å². The van der Waals surface area contributed by atoms with Gasteiger partial charge < -0.3 is 9.84 Å². The first kappa shape index (κ1) is 22.1. The third kappa shape index (κ3) is 5.32. The Balaban J connectivity index is 1.86. The number of aromatic carboxylic acids is 1. The van der Waals surface area contributed by atoms with Crippen molar-refractivity contribution >= 4 is 45.1 Å². The topological polar surface area (TPSA) is 94.1 Å². The SMILES string of the molecule is N#C/C(=C/c1cc(Cl)c(OCc2ccccc2C#N)c(Br)c1)c1ccc(C(=O)O)cc1. The summed E-state index contributed by atoms with van der Waals surface area (Å²) in [6.07, 6.45) is 1.65. The van der Waals surface area contributed by atoms with Gasteiger partial charge in [0.2, 0.25) is 0 Å². The van der Waals surface area contributed by atoms with Gasteiger partial charge in [-0.1, -0.05) is 41.9 Å². The fourth-order valence-electron chi connectivity index (χ4n) is 2.85. The zero-order chi connectivity index (χ0) is 22.4. The summed E-state index contributed by atoms with van der Waals surface area (Å²) in [4.78, 5) is 11.0. The third-order valence-corrected chi connectivity index (χ3v) is 5.27. The number of halogens is 2. The van der Waals surface area contributed by atoms with Gasteiger partial charge in [0.05, 0.1) is 38.3 Å². The van der Waals surface area contributed by atoms with Crippen LogP contribution >= 0.6 is 27.5 Å². The van der Waals surface area contributed by atoms with Crippen LogP contribution in [0.3, 0.4) is 0 Å². The van der Waals surface area contributed by atoms with Gasteiger partial charge in [-0.25, -0.2) is 4.79 Å². The van der Waals surface area contributed by atoms with Crippen molar-refractivity contribution in [2.24, 2.45) is 0 Å². The Bertz CT molecular complexity index is 1230. The maximum atomic E-state index is 11.0. The van der Waals surface area contributed by atoms with E-state index < -0.39 is 5.97 Å². The summed E-state index contributed by atoms with van der Waals surface area (Å²) >= 11 is 9.85. The number of nitriles is 2. The Labute approximate surface area is 192 Å². The molecule has 0 aromatic heterocycles. The summed E-state index contributed by atoms with van der Waals surface area (Å²) in [5, 5.41) is 28.1. The Hall–Kier alpha value is -3.58. The molecule has 3 rings (SSSR count). The molecule has 0 radical (unpaired) electrons. The highest BCUT2D eigenvalue weighted by Gasteiger charge is 2.12. The van der Waals surface area contributed by atoms with Crippen LogP contribution in [0.25, 0.3) is 11.6 Å². The second-order valence-corrected chi connectivity index (χ2v) is 7.69. The quantitative estimate of drug-likeness (QED) is 0.320. The van der Waals surface area contributed by atoms with Crippen molar-refractivity contribution in [1.29, 1.82) is 10.5 Å². The lowest BCUT2D eigenvalue weighted by molar-refractivity contribution is 0.0697. The van der Waals surface area contributed by atoms with Crippen LogP contribution in [0.1, 0.15) is 32.6 Å². The number of allylic oxidation sites excluding steroid dienone is 1. The van der Waals surface area contributed by atoms with E-state index in [2.05, 4.69) is 28.1 Å². The molecule has 0 amide bonds. The molecule has 1 N–H and O–H groups in total. The lowest BCUT2D eigenvalue weighted by Crippen LogP contribution is -1.99. The predicted octanol–water partition coefficient (Wildman–Crippen LogP) is 6.32. The normalized spacial score (nSPS) is 10.8. The number of ether oxygens (including phenoxy) is 1. The van der Waals surface area contributed by atoms with Crippen molar-refractivity contribution in [3.8, 4) is 17.9 Å². The first-order chi connectivity index (χ1) is 14.9. The van der Waals surface area contributed by atoms with Gasteiger partial charge in [0, 0.05) is 5.56 Å². The van der Waals surface area contributed by atoms with Crippen LogP contribution in [0, 0.1) is 22.7 Å².